The van der Waals surface area contributed by atoms with Gasteiger partial charge in [0.05, 0.1) is 31.7 Å². The lowest BCUT2D eigenvalue weighted by Gasteiger charge is -2.38. The highest BCUT2D eigenvalue weighted by Gasteiger charge is 2.39. The number of carbonyl (C=O) groups is 2. The summed E-state index contributed by atoms with van der Waals surface area (Å²) in [5.74, 6) is -2.20. The van der Waals surface area contributed by atoms with Gasteiger partial charge < -0.3 is 14.4 Å². The summed E-state index contributed by atoms with van der Waals surface area (Å²) in [5, 5.41) is 0. The van der Waals surface area contributed by atoms with E-state index >= 15 is 0 Å². The molecule has 25 heavy (non-hydrogen) atoms. The highest BCUT2D eigenvalue weighted by atomic mass is 19.4. The molecule has 0 aromatic heterocycles. The van der Waals surface area contributed by atoms with Crippen molar-refractivity contribution in [1.82, 2.24) is 4.90 Å². The summed E-state index contributed by atoms with van der Waals surface area (Å²) in [7, 11) is 2.36. The number of esters is 1. The molecular weight excluding hydrogens is 346 g/mol. The van der Waals surface area contributed by atoms with Crippen molar-refractivity contribution in [3.8, 4) is 0 Å². The molecule has 0 saturated carbocycles. The van der Waals surface area contributed by atoms with Crippen LogP contribution in [0.3, 0.4) is 0 Å². The van der Waals surface area contributed by atoms with E-state index < -0.39 is 41.6 Å². The maximum Gasteiger partial charge on any atom is 0.416 e. The second-order valence-electron chi connectivity index (χ2n) is 5.66. The number of amides is 1. The molecule has 1 aliphatic heterocycles. The molecule has 1 aliphatic rings. The molecule has 1 saturated heterocycles. The van der Waals surface area contributed by atoms with Crippen LogP contribution in [0, 0.1) is 11.7 Å². The van der Waals surface area contributed by atoms with Gasteiger partial charge in [-0.15, -0.1) is 0 Å². The predicted octanol–water partition coefficient (Wildman–Crippen LogP) is 3.54. The van der Waals surface area contributed by atoms with Gasteiger partial charge in [-0.3, -0.25) is 4.79 Å². The number of rotatable bonds is 2. The fourth-order valence-corrected chi connectivity index (χ4v) is 2.95. The fraction of sp³-hybridized carbons (Fsp3) is 0.500. The average Bonchev–Trinajstić information content (AvgIpc) is 2.59. The van der Waals surface area contributed by atoms with Gasteiger partial charge in [0.1, 0.15) is 5.82 Å². The first-order chi connectivity index (χ1) is 11.7. The molecule has 0 bridgehead atoms. The molecule has 1 aromatic carbocycles. The van der Waals surface area contributed by atoms with Gasteiger partial charge >= 0.3 is 18.2 Å². The molecule has 2 unspecified atom stereocenters. The van der Waals surface area contributed by atoms with Gasteiger partial charge in [0.25, 0.3) is 0 Å². The molecule has 138 valence electrons. The third-order valence-electron chi connectivity index (χ3n) is 4.23. The van der Waals surface area contributed by atoms with Crippen molar-refractivity contribution in [2.24, 2.45) is 5.92 Å². The predicted molar refractivity (Wildman–Crippen MR) is 78.0 cm³/mol. The summed E-state index contributed by atoms with van der Waals surface area (Å²) < 4.78 is 61.8. The SMILES string of the molecule is COC(=O)C1CCN(C(=O)OC)C(c2ccc(C(F)(F)F)cc2F)C1. The van der Waals surface area contributed by atoms with Gasteiger partial charge in [-0.25, -0.2) is 9.18 Å². The van der Waals surface area contributed by atoms with Crippen LogP contribution in [0.25, 0.3) is 0 Å². The Hall–Kier alpha value is -2.32. The van der Waals surface area contributed by atoms with Crippen LogP contribution < -0.4 is 0 Å². The topological polar surface area (TPSA) is 55.8 Å². The van der Waals surface area contributed by atoms with Crippen LogP contribution in [0.2, 0.25) is 0 Å². The Labute approximate surface area is 141 Å². The number of nitrogens with zero attached hydrogens (tertiary/aromatic N) is 1. The number of methoxy groups -OCH3 is 2. The van der Waals surface area contributed by atoms with E-state index in [1.165, 1.54) is 12.0 Å². The van der Waals surface area contributed by atoms with Crippen LogP contribution in [0.1, 0.15) is 30.0 Å². The number of ether oxygens (including phenoxy) is 2. The van der Waals surface area contributed by atoms with Crippen LogP contribution in [0.15, 0.2) is 18.2 Å². The second kappa shape index (κ2) is 7.28. The molecule has 0 aliphatic carbocycles. The number of alkyl halides is 3. The van der Waals surface area contributed by atoms with Crippen molar-refractivity contribution in [2.75, 3.05) is 20.8 Å². The summed E-state index contributed by atoms with van der Waals surface area (Å²) in [5.41, 5.74) is -1.23. The van der Waals surface area contributed by atoms with Gasteiger partial charge in [-0.05, 0) is 25.0 Å². The number of carbonyl (C=O) groups excluding carboxylic acids is 2. The Bertz CT molecular complexity index is 662. The third kappa shape index (κ3) is 4.02. The Kier molecular flexibility index (Phi) is 5.54. The molecule has 0 N–H and O–H groups in total. The number of likely N-dealkylation sites (tertiary alicyclic amines) is 1. The fourth-order valence-electron chi connectivity index (χ4n) is 2.95. The molecule has 5 nitrogen and oxygen atoms in total. The van der Waals surface area contributed by atoms with Crippen molar-refractivity contribution in [2.45, 2.75) is 25.1 Å². The molecule has 1 aromatic rings. The molecule has 2 rings (SSSR count). The van der Waals surface area contributed by atoms with Crippen molar-refractivity contribution in [3.63, 3.8) is 0 Å². The first-order valence-corrected chi connectivity index (χ1v) is 7.48. The van der Waals surface area contributed by atoms with E-state index in [0.29, 0.717) is 12.5 Å². The standard InChI is InChI=1S/C16H17F4NO4/c1-24-14(22)9-5-6-21(15(23)25-2)13(7-9)11-4-3-10(8-12(11)17)16(18,19)20/h3-4,8-9,13H,5-7H2,1-2H3. The molecular formula is C16H17F4NO4. The number of halogens is 4. The van der Waals surface area contributed by atoms with Crippen LogP contribution in [-0.4, -0.2) is 37.7 Å². The third-order valence-corrected chi connectivity index (χ3v) is 4.23. The highest BCUT2D eigenvalue weighted by Crippen LogP contribution is 2.38. The zero-order valence-corrected chi connectivity index (χ0v) is 13.6. The van der Waals surface area contributed by atoms with E-state index in [0.717, 1.165) is 19.2 Å². The minimum atomic E-state index is -4.68. The lowest BCUT2D eigenvalue weighted by atomic mass is 9.87. The number of piperidine rings is 1. The molecule has 1 amide bonds. The minimum absolute atomic E-state index is 0.0318. The maximum absolute atomic E-state index is 14.3. The van der Waals surface area contributed by atoms with E-state index in [9.17, 15) is 27.2 Å². The average molecular weight is 363 g/mol. The van der Waals surface area contributed by atoms with E-state index in [1.807, 2.05) is 0 Å². The molecule has 2 atom stereocenters. The largest absolute Gasteiger partial charge is 0.469 e. The molecule has 9 heteroatoms. The minimum Gasteiger partial charge on any atom is -0.469 e. The summed E-state index contributed by atoms with van der Waals surface area (Å²) in [6.45, 7) is 0.0948. The molecule has 0 radical (unpaired) electrons. The monoisotopic (exact) mass is 363 g/mol. The summed E-state index contributed by atoms with van der Waals surface area (Å²) in [4.78, 5) is 24.9. The quantitative estimate of drug-likeness (QED) is 0.596. The zero-order valence-electron chi connectivity index (χ0n) is 13.6. The molecule has 0 spiro atoms. The van der Waals surface area contributed by atoms with Crippen molar-refractivity contribution < 1.29 is 36.6 Å². The highest BCUT2D eigenvalue weighted by molar-refractivity contribution is 5.74. The second-order valence-corrected chi connectivity index (χ2v) is 5.66. The smallest absolute Gasteiger partial charge is 0.416 e. The Morgan fingerprint density at radius 2 is 1.88 bits per heavy atom. The van der Waals surface area contributed by atoms with Gasteiger partial charge in [0.15, 0.2) is 0 Å². The van der Waals surface area contributed by atoms with Gasteiger partial charge in [-0.1, -0.05) is 6.07 Å². The molecule has 1 heterocycles. The Morgan fingerprint density at radius 1 is 1.20 bits per heavy atom. The zero-order chi connectivity index (χ0) is 18.8. The molecule has 1 fully saturated rings. The van der Waals surface area contributed by atoms with Gasteiger partial charge in [0.2, 0.25) is 0 Å². The summed E-state index contributed by atoms with van der Waals surface area (Å²) >= 11 is 0. The van der Waals surface area contributed by atoms with E-state index in [1.54, 1.807) is 0 Å². The van der Waals surface area contributed by atoms with Crippen LogP contribution in [-0.2, 0) is 20.4 Å². The van der Waals surface area contributed by atoms with E-state index in [4.69, 9.17) is 0 Å². The van der Waals surface area contributed by atoms with Crippen molar-refractivity contribution >= 4 is 12.1 Å². The van der Waals surface area contributed by atoms with Crippen LogP contribution in [0.4, 0.5) is 22.4 Å². The van der Waals surface area contributed by atoms with Gasteiger partial charge in [0, 0.05) is 12.1 Å². The first kappa shape index (κ1) is 19.0. The van der Waals surface area contributed by atoms with Crippen molar-refractivity contribution in [1.29, 1.82) is 0 Å². The first-order valence-electron chi connectivity index (χ1n) is 7.48. The number of hydrogen-bond donors (Lipinski definition) is 0. The summed E-state index contributed by atoms with van der Waals surface area (Å²) in [6.07, 6.45) is -5.10. The van der Waals surface area contributed by atoms with E-state index in [-0.39, 0.29) is 18.5 Å². The number of benzene rings is 1. The van der Waals surface area contributed by atoms with Crippen LogP contribution in [0.5, 0.6) is 0 Å². The van der Waals surface area contributed by atoms with Crippen molar-refractivity contribution in [3.05, 3.63) is 35.1 Å². The van der Waals surface area contributed by atoms with Crippen LogP contribution >= 0.6 is 0 Å². The lowest BCUT2D eigenvalue weighted by Crippen LogP contribution is -2.43. The van der Waals surface area contributed by atoms with E-state index in [2.05, 4.69) is 9.47 Å². The maximum atomic E-state index is 14.3. The Balaban J connectivity index is 2.39. The normalized spacial score (nSPS) is 21.0. The summed E-state index contributed by atoms with van der Waals surface area (Å²) in [6, 6.07) is 1.19. The lowest BCUT2D eigenvalue weighted by molar-refractivity contribution is -0.147. The number of hydrogen-bond acceptors (Lipinski definition) is 4. The van der Waals surface area contributed by atoms with Gasteiger partial charge in [-0.2, -0.15) is 13.2 Å². The Morgan fingerprint density at radius 3 is 2.40 bits per heavy atom.